The molecule has 1 fully saturated rings. The maximum absolute atomic E-state index is 4.77. The van der Waals surface area contributed by atoms with Gasteiger partial charge >= 0.3 is 0 Å². The maximum Gasteiger partial charge on any atom is 0.228 e. The van der Waals surface area contributed by atoms with E-state index in [1.165, 1.54) is 18.4 Å². The molecule has 1 aliphatic rings. The third kappa shape index (κ3) is 4.65. The van der Waals surface area contributed by atoms with Crippen molar-refractivity contribution in [2.45, 2.75) is 31.7 Å². The van der Waals surface area contributed by atoms with E-state index in [-0.39, 0.29) is 0 Å². The van der Waals surface area contributed by atoms with Gasteiger partial charge in [-0.2, -0.15) is 0 Å². The third-order valence-electron chi connectivity index (χ3n) is 4.97. The van der Waals surface area contributed by atoms with Crippen LogP contribution in [0.15, 0.2) is 61.2 Å². The third-order valence-corrected chi connectivity index (χ3v) is 4.97. The molecule has 0 spiro atoms. The highest BCUT2D eigenvalue weighted by Crippen LogP contribution is 2.30. The van der Waals surface area contributed by atoms with Crippen molar-refractivity contribution in [2.24, 2.45) is 0 Å². The monoisotopic (exact) mass is 360 g/mol. The van der Waals surface area contributed by atoms with E-state index in [1.54, 1.807) is 18.6 Å². The molecule has 0 aliphatic carbocycles. The zero-order valence-corrected chi connectivity index (χ0v) is 15.3. The minimum Gasteiger partial charge on any atom is -0.307 e. The van der Waals surface area contributed by atoms with Crippen molar-refractivity contribution in [3.8, 4) is 0 Å². The molecule has 6 heteroatoms. The van der Waals surface area contributed by atoms with Crippen LogP contribution in [0.3, 0.4) is 0 Å². The van der Waals surface area contributed by atoms with Crippen LogP contribution < -0.4 is 5.32 Å². The summed E-state index contributed by atoms with van der Waals surface area (Å²) in [6.07, 6.45) is 11.5. The molecule has 4 rings (SSSR count). The highest BCUT2D eigenvalue weighted by molar-refractivity contribution is 5.45. The summed E-state index contributed by atoms with van der Waals surface area (Å²) in [6, 6.07) is 13.1. The van der Waals surface area contributed by atoms with E-state index < -0.39 is 0 Å². The number of aromatic nitrogens is 4. The lowest BCUT2D eigenvalue weighted by molar-refractivity contribution is 0.147. The Balaban J connectivity index is 1.47. The van der Waals surface area contributed by atoms with Crippen LogP contribution in [0.5, 0.6) is 0 Å². The molecular weight excluding hydrogens is 336 g/mol. The molecule has 27 heavy (non-hydrogen) atoms. The lowest BCUT2D eigenvalue weighted by Crippen LogP contribution is -2.35. The Morgan fingerprint density at radius 1 is 1.00 bits per heavy atom. The average molecular weight is 360 g/mol. The Morgan fingerprint density at radius 3 is 2.78 bits per heavy atom. The second kappa shape index (κ2) is 8.68. The molecule has 138 valence electrons. The largest absolute Gasteiger partial charge is 0.307 e. The van der Waals surface area contributed by atoms with E-state index in [0.717, 1.165) is 31.6 Å². The summed E-state index contributed by atoms with van der Waals surface area (Å²) in [5.74, 6) is 1.22. The Labute approximate surface area is 159 Å². The van der Waals surface area contributed by atoms with Crippen molar-refractivity contribution in [1.82, 2.24) is 24.8 Å². The minimum absolute atomic E-state index is 0.341. The van der Waals surface area contributed by atoms with Crippen molar-refractivity contribution < 1.29 is 0 Å². The van der Waals surface area contributed by atoms with Crippen LogP contribution in [-0.2, 0) is 6.42 Å². The SMILES string of the molecule is c1ccc(CCN2CCCC[C@@H]2c2ccnc(Nc3cnccn3)n2)cc1. The molecule has 1 atom stereocenters. The molecule has 1 aliphatic heterocycles. The van der Waals surface area contributed by atoms with Crippen LogP contribution in [0.1, 0.15) is 36.6 Å². The Morgan fingerprint density at radius 2 is 1.93 bits per heavy atom. The summed E-state index contributed by atoms with van der Waals surface area (Å²) in [5.41, 5.74) is 2.46. The van der Waals surface area contributed by atoms with E-state index in [0.29, 0.717) is 17.8 Å². The maximum atomic E-state index is 4.77. The van der Waals surface area contributed by atoms with Gasteiger partial charge in [0, 0.05) is 25.1 Å². The fourth-order valence-electron chi connectivity index (χ4n) is 3.61. The molecule has 3 heterocycles. The highest BCUT2D eigenvalue weighted by Gasteiger charge is 2.25. The number of benzene rings is 1. The van der Waals surface area contributed by atoms with E-state index in [9.17, 15) is 0 Å². The number of likely N-dealkylation sites (tertiary alicyclic amines) is 1. The van der Waals surface area contributed by atoms with E-state index in [2.05, 4.69) is 55.5 Å². The molecule has 1 N–H and O–H groups in total. The molecule has 2 aromatic heterocycles. The molecule has 1 aromatic carbocycles. The van der Waals surface area contributed by atoms with Gasteiger partial charge in [-0.25, -0.2) is 15.0 Å². The van der Waals surface area contributed by atoms with Crippen LogP contribution in [0.2, 0.25) is 0 Å². The number of piperidine rings is 1. The zero-order valence-electron chi connectivity index (χ0n) is 15.3. The molecule has 0 bridgehead atoms. The van der Waals surface area contributed by atoms with Crippen molar-refractivity contribution in [3.63, 3.8) is 0 Å². The lowest BCUT2D eigenvalue weighted by atomic mass is 9.98. The van der Waals surface area contributed by atoms with Gasteiger partial charge < -0.3 is 5.32 Å². The van der Waals surface area contributed by atoms with Gasteiger partial charge in [0.15, 0.2) is 5.82 Å². The van der Waals surface area contributed by atoms with Crippen molar-refractivity contribution in [1.29, 1.82) is 0 Å². The Bertz CT molecular complexity index is 840. The van der Waals surface area contributed by atoms with Crippen molar-refractivity contribution >= 4 is 11.8 Å². The van der Waals surface area contributed by atoms with Gasteiger partial charge in [-0.3, -0.25) is 9.88 Å². The van der Waals surface area contributed by atoms with Crippen LogP contribution in [0.25, 0.3) is 0 Å². The summed E-state index contributed by atoms with van der Waals surface area (Å²) < 4.78 is 0. The number of anilines is 2. The van der Waals surface area contributed by atoms with Crippen molar-refractivity contribution in [2.75, 3.05) is 18.4 Å². The standard InChI is InChI=1S/C21H24N6/c1-2-6-17(7-3-1)10-15-27-14-5-4-8-19(27)18-9-11-24-21(25-18)26-20-16-22-12-13-23-20/h1-3,6-7,9,11-13,16,19H,4-5,8,10,14-15H2,(H,23,24,25,26)/t19-/m1/s1. The first-order valence-corrected chi connectivity index (χ1v) is 9.52. The number of nitrogens with one attached hydrogen (secondary N) is 1. The van der Waals surface area contributed by atoms with Crippen LogP contribution >= 0.6 is 0 Å². The van der Waals surface area contributed by atoms with E-state index in [1.807, 2.05) is 12.3 Å². The van der Waals surface area contributed by atoms with E-state index >= 15 is 0 Å². The minimum atomic E-state index is 0.341. The summed E-state index contributed by atoms with van der Waals surface area (Å²) in [4.78, 5) is 20.0. The molecule has 3 aromatic rings. The molecule has 0 amide bonds. The fraction of sp³-hybridized carbons (Fsp3) is 0.333. The van der Waals surface area contributed by atoms with Gasteiger partial charge in [0.1, 0.15) is 0 Å². The first-order valence-electron chi connectivity index (χ1n) is 9.52. The van der Waals surface area contributed by atoms with Crippen LogP contribution in [0, 0.1) is 0 Å². The highest BCUT2D eigenvalue weighted by atomic mass is 15.2. The molecule has 6 nitrogen and oxygen atoms in total. The van der Waals surface area contributed by atoms with Crippen LogP contribution in [0.4, 0.5) is 11.8 Å². The summed E-state index contributed by atoms with van der Waals surface area (Å²) in [7, 11) is 0. The predicted molar refractivity (Wildman–Crippen MR) is 106 cm³/mol. The smallest absolute Gasteiger partial charge is 0.228 e. The molecule has 0 radical (unpaired) electrons. The summed E-state index contributed by atoms with van der Waals surface area (Å²) in [6.45, 7) is 2.17. The van der Waals surface area contributed by atoms with Gasteiger partial charge in [-0.15, -0.1) is 0 Å². The quantitative estimate of drug-likeness (QED) is 0.722. The van der Waals surface area contributed by atoms with Gasteiger partial charge in [0.25, 0.3) is 0 Å². The lowest BCUT2D eigenvalue weighted by Gasteiger charge is -2.35. The molecule has 0 unspecified atom stereocenters. The average Bonchev–Trinajstić information content (AvgIpc) is 2.74. The Hall–Kier alpha value is -2.86. The summed E-state index contributed by atoms with van der Waals surface area (Å²) in [5, 5.41) is 3.14. The molecule has 1 saturated heterocycles. The van der Waals surface area contributed by atoms with E-state index in [4.69, 9.17) is 4.98 Å². The number of hydrogen-bond acceptors (Lipinski definition) is 6. The first kappa shape index (κ1) is 17.5. The summed E-state index contributed by atoms with van der Waals surface area (Å²) >= 11 is 0. The molecular formula is C21H24N6. The van der Waals surface area contributed by atoms with Crippen molar-refractivity contribution in [3.05, 3.63) is 72.4 Å². The second-order valence-electron chi connectivity index (χ2n) is 6.80. The van der Waals surface area contributed by atoms with Crippen LogP contribution in [-0.4, -0.2) is 37.9 Å². The first-order chi connectivity index (χ1) is 13.4. The molecule has 0 saturated carbocycles. The van der Waals surface area contributed by atoms with Gasteiger partial charge in [0.05, 0.1) is 17.9 Å². The number of hydrogen-bond donors (Lipinski definition) is 1. The topological polar surface area (TPSA) is 66.8 Å². The normalized spacial score (nSPS) is 17.6. The van der Waals surface area contributed by atoms with Gasteiger partial charge in [-0.05, 0) is 37.4 Å². The zero-order chi connectivity index (χ0) is 18.3. The van der Waals surface area contributed by atoms with Gasteiger partial charge in [0.2, 0.25) is 5.95 Å². The van der Waals surface area contributed by atoms with Gasteiger partial charge in [-0.1, -0.05) is 36.8 Å². The predicted octanol–water partition coefficient (Wildman–Crippen LogP) is 3.78. The number of nitrogens with zero attached hydrogens (tertiary/aromatic N) is 5. The number of rotatable bonds is 6. The fourth-order valence-corrected chi connectivity index (χ4v) is 3.61. The second-order valence-corrected chi connectivity index (χ2v) is 6.80. The Kier molecular flexibility index (Phi) is 5.64.